The second-order valence-corrected chi connectivity index (χ2v) is 7.26. The maximum absolute atomic E-state index is 12.9. The van der Waals surface area contributed by atoms with Crippen LogP contribution in [0.2, 0.25) is 0 Å². The number of piperazine rings is 1. The number of carbonyl (C=O) groups is 1. The van der Waals surface area contributed by atoms with Crippen LogP contribution in [0.4, 0.5) is 0 Å². The summed E-state index contributed by atoms with van der Waals surface area (Å²) in [4.78, 5) is 17.0. The fraction of sp³-hybridized carbons (Fsp3) is 0.435. The van der Waals surface area contributed by atoms with Crippen LogP contribution >= 0.6 is 0 Å². The summed E-state index contributed by atoms with van der Waals surface area (Å²) in [5.74, 6) is 1.83. The summed E-state index contributed by atoms with van der Waals surface area (Å²) in [6.45, 7) is 6.09. The third kappa shape index (κ3) is 5.49. The van der Waals surface area contributed by atoms with Gasteiger partial charge in [0.2, 0.25) is 5.91 Å². The van der Waals surface area contributed by atoms with E-state index in [1.54, 1.807) is 12.0 Å². The van der Waals surface area contributed by atoms with Gasteiger partial charge in [0.05, 0.1) is 26.3 Å². The van der Waals surface area contributed by atoms with E-state index >= 15 is 0 Å². The van der Waals surface area contributed by atoms with Crippen molar-refractivity contribution in [2.45, 2.75) is 19.5 Å². The summed E-state index contributed by atoms with van der Waals surface area (Å²) in [7, 11) is 3.55. The van der Waals surface area contributed by atoms with Crippen LogP contribution in [-0.2, 0) is 11.3 Å². The minimum Gasteiger partial charge on any atom is -0.496 e. The van der Waals surface area contributed by atoms with Crippen LogP contribution in [0.25, 0.3) is 0 Å². The molecule has 6 nitrogen and oxygen atoms in total. The molecule has 2 aromatic carbocycles. The first-order valence-corrected chi connectivity index (χ1v) is 10.2. The Morgan fingerprint density at radius 3 is 2.69 bits per heavy atom. The van der Waals surface area contributed by atoms with Crippen molar-refractivity contribution in [1.82, 2.24) is 15.1 Å². The third-order valence-corrected chi connectivity index (χ3v) is 5.27. The van der Waals surface area contributed by atoms with E-state index < -0.39 is 0 Å². The first kappa shape index (κ1) is 21.1. The van der Waals surface area contributed by atoms with E-state index in [0.717, 1.165) is 42.3 Å². The van der Waals surface area contributed by atoms with E-state index in [2.05, 4.69) is 16.3 Å². The fourth-order valence-electron chi connectivity index (χ4n) is 3.70. The molecule has 1 unspecified atom stereocenters. The number of likely N-dealkylation sites (N-methyl/N-ethyl adjacent to an activating group) is 1. The quantitative estimate of drug-likeness (QED) is 0.742. The third-order valence-electron chi connectivity index (χ3n) is 5.27. The first-order valence-electron chi connectivity index (χ1n) is 10.2. The lowest BCUT2D eigenvalue weighted by Crippen LogP contribution is -2.49. The summed E-state index contributed by atoms with van der Waals surface area (Å²) in [5, 5.41) is 3.44. The molecule has 1 fully saturated rings. The number of hydrogen-bond acceptors (Lipinski definition) is 5. The summed E-state index contributed by atoms with van der Waals surface area (Å²) < 4.78 is 11.0. The molecule has 1 aliphatic rings. The van der Waals surface area contributed by atoms with E-state index in [9.17, 15) is 4.79 Å². The Labute approximate surface area is 173 Å². The SMILES string of the molecule is CCOc1ccc(CN(C)C(=O)CN2CCNCC2c2ccccc2OC)cc1. The fourth-order valence-corrected chi connectivity index (χ4v) is 3.70. The van der Waals surface area contributed by atoms with Crippen LogP contribution in [-0.4, -0.2) is 62.7 Å². The lowest BCUT2D eigenvalue weighted by molar-refractivity contribution is -0.132. The lowest BCUT2D eigenvalue weighted by atomic mass is 10.0. The van der Waals surface area contributed by atoms with Crippen molar-refractivity contribution in [2.75, 3.05) is 46.9 Å². The molecule has 1 amide bonds. The second kappa shape index (κ2) is 10.3. The highest BCUT2D eigenvalue weighted by Crippen LogP contribution is 2.30. The number of ether oxygens (including phenoxy) is 2. The minimum atomic E-state index is 0.112. The summed E-state index contributed by atoms with van der Waals surface area (Å²) in [6.07, 6.45) is 0. The highest BCUT2D eigenvalue weighted by molar-refractivity contribution is 5.78. The molecule has 6 heteroatoms. The monoisotopic (exact) mass is 397 g/mol. The molecule has 0 aromatic heterocycles. The topological polar surface area (TPSA) is 54.0 Å². The maximum Gasteiger partial charge on any atom is 0.236 e. The van der Waals surface area contributed by atoms with Crippen LogP contribution in [0, 0.1) is 0 Å². The number of methoxy groups -OCH3 is 1. The van der Waals surface area contributed by atoms with Gasteiger partial charge in [-0.25, -0.2) is 0 Å². The van der Waals surface area contributed by atoms with Crippen molar-refractivity contribution in [2.24, 2.45) is 0 Å². The van der Waals surface area contributed by atoms with Crippen LogP contribution < -0.4 is 14.8 Å². The zero-order valence-electron chi connectivity index (χ0n) is 17.6. The van der Waals surface area contributed by atoms with Crippen molar-refractivity contribution in [3.05, 3.63) is 59.7 Å². The molecule has 0 aliphatic carbocycles. The predicted molar refractivity (Wildman–Crippen MR) is 114 cm³/mol. The number of rotatable bonds is 8. The van der Waals surface area contributed by atoms with Gasteiger partial charge in [-0.1, -0.05) is 30.3 Å². The zero-order chi connectivity index (χ0) is 20.6. The van der Waals surface area contributed by atoms with Crippen LogP contribution in [0.5, 0.6) is 11.5 Å². The van der Waals surface area contributed by atoms with Gasteiger partial charge in [0.25, 0.3) is 0 Å². The Balaban J connectivity index is 1.64. The number of hydrogen-bond donors (Lipinski definition) is 1. The van der Waals surface area contributed by atoms with Crippen LogP contribution in [0.1, 0.15) is 24.1 Å². The van der Waals surface area contributed by atoms with Gasteiger partial charge in [-0.15, -0.1) is 0 Å². The second-order valence-electron chi connectivity index (χ2n) is 7.26. The van der Waals surface area contributed by atoms with Crippen LogP contribution in [0.15, 0.2) is 48.5 Å². The number of benzene rings is 2. The lowest BCUT2D eigenvalue weighted by Gasteiger charge is -2.37. The van der Waals surface area contributed by atoms with Gasteiger partial charge in [-0.3, -0.25) is 9.69 Å². The molecule has 1 saturated heterocycles. The summed E-state index contributed by atoms with van der Waals surface area (Å²) in [6, 6.07) is 16.1. The van der Waals surface area contributed by atoms with E-state index in [0.29, 0.717) is 19.7 Å². The van der Waals surface area contributed by atoms with Gasteiger partial charge in [-0.2, -0.15) is 0 Å². The Hall–Kier alpha value is -2.57. The number of para-hydroxylation sites is 1. The van der Waals surface area contributed by atoms with E-state index in [1.165, 1.54) is 0 Å². The van der Waals surface area contributed by atoms with Crippen molar-refractivity contribution in [3.63, 3.8) is 0 Å². The summed E-state index contributed by atoms with van der Waals surface area (Å²) in [5.41, 5.74) is 2.20. The number of nitrogens with zero attached hydrogens (tertiary/aromatic N) is 2. The molecule has 29 heavy (non-hydrogen) atoms. The van der Waals surface area contributed by atoms with Crippen LogP contribution in [0.3, 0.4) is 0 Å². The molecule has 156 valence electrons. The van der Waals surface area contributed by atoms with Crippen molar-refractivity contribution < 1.29 is 14.3 Å². The molecular formula is C23H31N3O3. The highest BCUT2D eigenvalue weighted by Gasteiger charge is 2.28. The van der Waals surface area contributed by atoms with Gasteiger partial charge >= 0.3 is 0 Å². The van der Waals surface area contributed by atoms with Gasteiger partial charge < -0.3 is 19.7 Å². The van der Waals surface area contributed by atoms with Gasteiger partial charge in [0, 0.05) is 38.8 Å². The van der Waals surface area contributed by atoms with Gasteiger partial charge in [-0.05, 0) is 30.7 Å². The molecule has 1 heterocycles. The molecule has 1 N–H and O–H groups in total. The van der Waals surface area contributed by atoms with Crippen molar-refractivity contribution in [1.29, 1.82) is 0 Å². The van der Waals surface area contributed by atoms with E-state index in [-0.39, 0.29) is 11.9 Å². The largest absolute Gasteiger partial charge is 0.496 e. The molecular weight excluding hydrogens is 366 g/mol. The van der Waals surface area contributed by atoms with E-state index in [1.807, 2.05) is 56.4 Å². The molecule has 0 radical (unpaired) electrons. The number of amides is 1. The molecule has 0 bridgehead atoms. The normalized spacial score (nSPS) is 17.0. The van der Waals surface area contributed by atoms with Gasteiger partial charge in [0.1, 0.15) is 11.5 Å². The van der Waals surface area contributed by atoms with Gasteiger partial charge in [0.15, 0.2) is 0 Å². The van der Waals surface area contributed by atoms with E-state index in [4.69, 9.17) is 9.47 Å². The standard InChI is InChI=1S/C23H31N3O3/c1-4-29-19-11-9-18(10-12-19)16-25(2)23(27)17-26-14-13-24-15-21(26)20-7-5-6-8-22(20)28-3/h5-12,21,24H,4,13-17H2,1-3H3. The smallest absolute Gasteiger partial charge is 0.236 e. The molecule has 0 saturated carbocycles. The number of nitrogens with one attached hydrogen (secondary N) is 1. The highest BCUT2D eigenvalue weighted by atomic mass is 16.5. The average molecular weight is 398 g/mol. The Morgan fingerprint density at radius 2 is 1.97 bits per heavy atom. The molecule has 3 rings (SSSR count). The maximum atomic E-state index is 12.9. The Kier molecular flexibility index (Phi) is 7.49. The van der Waals surface area contributed by atoms with Crippen molar-refractivity contribution >= 4 is 5.91 Å². The average Bonchev–Trinajstić information content (AvgIpc) is 2.75. The Morgan fingerprint density at radius 1 is 1.21 bits per heavy atom. The van der Waals surface area contributed by atoms with Crippen molar-refractivity contribution in [3.8, 4) is 11.5 Å². The molecule has 1 aliphatic heterocycles. The molecule has 1 atom stereocenters. The number of carbonyl (C=O) groups excluding carboxylic acids is 1. The zero-order valence-corrected chi connectivity index (χ0v) is 17.6. The predicted octanol–water partition coefficient (Wildman–Crippen LogP) is 2.70. The Bertz CT molecular complexity index is 794. The molecule has 0 spiro atoms. The minimum absolute atomic E-state index is 0.112. The summed E-state index contributed by atoms with van der Waals surface area (Å²) >= 11 is 0. The first-order chi connectivity index (χ1) is 14.1. The molecule has 2 aromatic rings.